The molecule has 0 saturated heterocycles. The zero-order valence-corrected chi connectivity index (χ0v) is 16.3. The van der Waals surface area contributed by atoms with Crippen LogP contribution in [0.5, 0.6) is 5.75 Å². The van der Waals surface area contributed by atoms with E-state index in [1.165, 1.54) is 5.56 Å². The van der Waals surface area contributed by atoms with Gasteiger partial charge in [0.1, 0.15) is 23.1 Å². The maximum Gasteiger partial charge on any atom is 0.274 e. The fraction of sp³-hybridized carbons (Fsp3) is 0.227. The summed E-state index contributed by atoms with van der Waals surface area (Å²) >= 11 is 0. The van der Waals surface area contributed by atoms with Crippen molar-refractivity contribution in [3.8, 4) is 5.75 Å². The van der Waals surface area contributed by atoms with E-state index in [2.05, 4.69) is 39.2 Å². The van der Waals surface area contributed by atoms with Gasteiger partial charge in [-0.1, -0.05) is 42.5 Å². The van der Waals surface area contributed by atoms with Crippen LogP contribution in [0.1, 0.15) is 28.8 Å². The Balaban J connectivity index is 1.84. The molecule has 3 rings (SSSR count). The number of rotatable bonds is 7. The number of hydrogen-bond acceptors (Lipinski definition) is 5. The predicted octanol–water partition coefficient (Wildman–Crippen LogP) is 4.07. The van der Waals surface area contributed by atoms with Crippen molar-refractivity contribution in [3.63, 3.8) is 0 Å². The van der Waals surface area contributed by atoms with Crippen LogP contribution in [0.2, 0.25) is 0 Å². The average molecular weight is 376 g/mol. The lowest BCUT2D eigenvalue weighted by Gasteiger charge is -2.22. The second-order valence-electron chi connectivity index (χ2n) is 6.31. The lowest BCUT2D eigenvalue weighted by molar-refractivity contribution is 0.102. The molecule has 0 aliphatic carbocycles. The van der Waals surface area contributed by atoms with E-state index in [0.29, 0.717) is 29.5 Å². The summed E-state index contributed by atoms with van der Waals surface area (Å²) in [5.74, 6) is 1.58. The van der Waals surface area contributed by atoms with Gasteiger partial charge in [-0.15, -0.1) is 0 Å². The van der Waals surface area contributed by atoms with Gasteiger partial charge < -0.3 is 15.0 Å². The number of benzene rings is 2. The zero-order chi connectivity index (χ0) is 19.9. The lowest BCUT2D eigenvalue weighted by Crippen LogP contribution is -2.25. The molecule has 0 unspecified atom stereocenters. The van der Waals surface area contributed by atoms with Gasteiger partial charge in [-0.05, 0) is 31.5 Å². The summed E-state index contributed by atoms with van der Waals surface area (Å²) in [5.41, 5.74) is 2.10. The SMILES string of the molecule is CCN(Cc1ccccc1)c1cc(C(=O)Nc2ccccc2OC)nc(C)n1. The normalized spacial score (nSPS) is 10.4. The lowest BCUT2D eigenvalue weighted by atomic mass is 10.2. The highest BCUT2D eigenvalue weighted by Gasteiger charge is 2.15. The molecule has 0 aliphatic rings. The van der Waals surface area contributed by atoms with E-state index >= 15 is 0 Å². The molecule has 6 nitrogen and oxygen atoms in total. The van der Waals surface area contributed by atoms with Crippen molar-refractivity contribution in [2.24, 2.45) is 0 Å². The molecule has 1 aromatic heterocycles. The van der Waals surface area contributed by atoms with Crippen molar-refractivity contribution in [2.75, 3.05) is 23.9 Å². The van der Waals surface area contributed by atoms with Crippen molar-refractivity contribution < 1.29 is 9.53 Å². The maximum absolute atomic E-state index is 12.8. The van der Waals surface area contributed by atoms with Crippen molar-refractivity contribution in [1.29, 1.82) is 0 Å². The molecule has 6 heteroatoms. The second kappa shape index (κ2) is 8.99. The highest BCUT2D eigenvalue weighted by atomic mass is 16.5. The van der Waals surface area contributed by atoms with Crippen molar-refractivity contribution in [2.45, 2.75) is 20.4 Å². The largest absolute Gasteiger partial charge is 0.495 e. The van der Waals surface area contributed by atoms with Crippen LogP contribution < -0.4 is 15.0 Å². The minimum atomic E-state index is -0.299. The number of anilines is 2. The first-order valence-corrected chi connectivity index (χ1v) is 9.19. The minimum Gasteiger partial charge on any atom is -0.495 e. The number of ether oxygens (including phenoxy) is 1. The van der Waals surface area contributed by atoms with E-state index in [1.807, 2.05) is 30.3 Å². The first kappa shape index (κ1) is 19.4. The van der Waals surface area contributed by atoms with Crippen molar-refractivity contribution in [3.05, 3.63) is 77.7 Å². The Kier molecular flexibility index (Phi) is 6.22. The Hall–Kier alpha value is -3.41. The van der Waals surface area contributed by atoms with E-state index in [1.54, 1.807) is 32.2 Å². The van der Waals surface area contributed by atoms with Crippen LogP contribution in [0.15, 0.2) is 60.7 Å². The molecule has 1 heterocycles. The van der Waals surface area contributed by atoms with Crippen LogP contribution in [0, 0.1) is 6.92 Å². The Morgan fingerprint density at radius 1 is 1.07 bits per heavy atom. The van der Waals surface area contributed by atoms with E-state index in [-0.39, 0.29) is 5.91 Å². The highest BCUT2D eigenvalue weighted by molar-refractivity contribution is 6.04. The summed E-state index contributed by atoms with van der Waals surface area (Å²) in [4.78, 5) is 23.7. The summed E-state index contributed by atoms with van der Waals surface area (Å²) < 4.78 is 5.30. The highest BCUT2D eigenvalue weighted by Crippen LogP contribution is 2.24. The number of aryl methyl sites for hydroxylation is 1. The third kappa shape index (κ3) is 4.65. The van der Waals surface area contributed by atoms with E-state index in [9.17, 15) is 4.79 Å². The summed E-state index contributed by atoms with van der Waals surface area (Å²) in [6, 6.07) is 19.2. The van der Waals surface area contributed by atoms with Crippen LogP contribution >= 0.6 is 0 Å². The first-order valence-electron chi connectivity index (χ1n) is 9.19. The van der Waals surface area contributed by atoms with Gasteiger partial charge >= 0.3 is 0 Å². The predicted molar refractivity (Wildman–Crippen MR) is 111 cm³/mol. The summed E-state index contributed by atoms with van der Waals surface area (Å²) in [6.07, 6.45) is 0. The number of nitrogens with zero attached hydrogens (tertiary/aromatic N) is 3. The van der Waals surface area contributed by atoms with Gasteiger partial charge in [0.25, 0.3) is 5.91 Å². The molecule has 0 radical (unpaired) electrons. The number of nitrogens with one attached hydrogen (secondary N) is 1. The second-order valence-corrected chi connectivity index (χ2v) is 6.31. The molecule has 3 aromatic rings. The minimum absolute atomic E-state index is 0.299. The van der Waals surface area contributed by atoms with Gasteiger partial charge in [0.05, 0.1) is 12.8 Å². The van der Waals surface area contributed by atoms with Gasteiger partial charge in [0, 0.05) is 19.2 Å². The number of carbonyl (C=O) groups excluding carboxylic acids is 1. The van der Waals surface area contributed by atoms with Gasteiger partial charge in [-0.2, -0.15) is 0 Å². The molecule has 144 valence electrons. The van der Waals surface area contributed by atoms with Crippen LogP contribution in [-0.2, 0) is 6.54 Å². The fourth-order valence-corrected chi connectivity index (χ4v) is 2.92. The standard InChI is InChI=1S/C22H24N4O2/c1-4-26(15-17-10-6-5-7-11-17)21-14-19(23-16(2)24-21)22(27)25-18-12-8-9-13-20(18)28-3/h5-14H,4,15H2,1-3H3,(H,25,27). The molecule has 0 atom stereocenters. The molecule has 1 N–H and O–H groups in total. The molecule has 0 spiro atoms. The molecule has 0 aliphatic heterocycles. The molecule has 0 fully saturated rings. The third-order valence-corrected chi connectivity index (χ3v) is 4.33. The van der Waals surface area contributed by atoms with Crippen molar-refractivity contribution >= 4 is 17.4 Å². The molecule has 1 amide bonds. The zero-order valence-electron chi connectivity index (χ0n) is 16.3. The Morgan fingerprint density at radius 2 is 1.79 bits per heavy atom. The Labute approximate surface area is 165 Å². The number of methoxy groups -OCH3 is 1. The van der Waals surface area contributed by atoms with Crippen LogP contribution in [0.4, 0.5) is 11.5 Å². The smallest absolute Gasteiger partial charge is 0.274 e. The van der Waals surface area contributed by atoms with E-state index in [0.717, 1.165) is 12.4 Å². The molecular weight excluding hydrogens is 352 g/mol. The van der Waals surface area contributed by atoms with Gasteiger partial charge in [-0.25, -0.2) is 9.97 Å². The topological polar surface area (TPSA) is 67.4 Å². The number of hydrogen-bond donors (Lipinski definition) is 1. The monoisotopic (exact) mass is 376 g/mol. The number of carbonyl (C=O) groups is 1. The number of amides is 1. The molecule has 0 bridgehead atoms. The van der Waals surface area contributed by atoms with Crippen LogP contribution in [-0.4, -0.2) is 29.5 Å². The van der Waals surface area contributed by atoms with Gasteiger partial charge in [-0.3, -0.25) is 4.79 Å². The molecule has 28 heavy (non-hydrogen) atoms. The van der Waals surface area contributed by atoms with Crippen LogP contribution in [0.3, 0.4) is 0 Å². The van der Waals surface area contributed by atoms with E-state index < -0.39 is 0 Å². The maximum atomic E-state index is 12.8. The first-order chi connectivity index (χ1) is 13.6. The third-order valence-electron chi connectivity index (χ3n) is 4.33. The summed E-state index contributed by atoms with van der Waals surface area (Å²) in [5, 5.41) is 2.87. The number of para-hydroxylation sites is 2. The molecular formula is C22H24N4O2. The molecule has 2 aromatic carbocycles. The van der Waals surface area contributed by atoms with E-state index in [4.69, 9.17) is 4.74 Å². The number of aromatic nitrogens is 2. The fourth-order valence-electron chi connectivity index (χ4n) is 2.92. The van der Waals surface area contributed by atoms with Gasteiger partial charge in [0.15, 0.2) is 0 Å². The molecule has 0 saturated carbocycles. The van der Waals surface area contributed by atoms with Gasteiger partial charge in [0.2, 0.25) is 0 Å². The van der Waals surface area contributed by atoms with Crippen LogP contribution in [0.25, 0.3) is 0 Å². The average Bonchev–Trinajstić information content (AvgIpc) is 2.72. The Morgan fingerprint density at radius 3 is 2.50 bits per heavy atom. The van der Waals surface area contributed by atoms with Crippen molar-refractivity contribution in [1.82, 2.24) is 9.97 Å². The quantitative estimate of drug-likeness (QED) is 0.673. The summed E-state index contributed by atoms with van der Waals surface area (Å²) in [6.45, 7) is 5.33. The Bertz CT molecular complexity index is 944. The summed E-state index contributed by atoms with van der Waals surface area (Å²) in [7, 11) is 1.57.